The predicted molar refractivity (Wildman–Crippen MR) is 139 cm³/mol. The molecule has 6 heteroatoms. The van der Waals surface area contributed by atoms with Crippen LogP contribution in [0.3, 0.4) is 0 Å². The molecule has 0 saturated carbocycles. The summed E-state index contributed by atoms with van der Waals surface area (Å²) in [6.07, 6.45) is 4.84. The molecule has 1 aromatic heterocycles. The summed E-state index contributed by atoms with van der Waals surface area (Å²) in [7, 11) is 0. The third kappa shape index (κ3) is 4.44. The Kier molecular flexibility index (Phi) is 6.15. The summed E-state index contributed by atoms with van der Waals surface area (Å²) in [5.74, 6) is 0. The van der Waals surface area contributed by atoms with Crippen LogP contribution in [0.25, 0.3) is 16.8 Å². The van der Waals surface area contributed by atoms with Crippen molar-refractivity contribution in [2.75, 3.05) is 23.3 Å². The Morgan fingerprint density at radius 1 is 0.914 bits per heavy atom. The van der Waals surface area contributed by atoms with Gasteiger partial charge in [0.2, 0.25) is 0 Å². The summed E-state index contributed by atoms with van der Waals surface area (Å²) < 4.78 is 1.62. The highest BCUT2D eigenvalue weighted by atomic mass is 16.1. The zero-order chi connectivity index (χ0) is 24.2. The van der Waals surface area contributed by atoms with Crippen molar-refractivity contribution < 1.29 is 4.79 Å². The first-order valence-corrected chi connectivity index (χ1v) is 11.6. The summed E-state index contributed by atoms with van der Waals surface area (Å²) >= 11 is 0. The number of anilines is 3. The molecule has 0 aliphatic carbocycles. The van der Waals surface area contributed by atoms with E-state index in [-0.39, 0.29) is 5.56 Å². The highest BCUT2D eigenvalue weighted by molar-refractivity contribution is 5.87. The number of aldehydes is 1. The lowest BCUT2D eigenvalue weighted by atomic mass is 10.0. The van der Waals surface area contributed by atoms with Gasteiger partial charge in [-0.25, -0.2) is 0 Å². The minimum atomic E-state index is -0.169. The van der Waals surface area contributed by atoms with E-state index >= 15 is 0 Å². The molecule has 0 unspecified atom stereocenters. The minimum Gasteiger partial charge on any atom is -0.370 e. The van der Waals surface area contributed by atoms with Crippen molar-refractivity contribution in [2.45, 2.75) is 12.8 Å². The standard InChI is InChI=1S/C29H24N4O2/c30-19-21-6-5-8-24(18-21)31-28-27(32-15-3-4-16-32)14-17-33(29(28)35)25-12-10-22(11-13-25)26-9-2-1-7-23(26)20-34/h1-2,5-14,17-18,20,31H,3-4,15-16H2. The van der Waals surface area contributed by atoms with Gasteiger partial charge in [-0.2, -0.15) is 5.26 Å². The Morgan fingerprint density at radius 3 is 2.43 bits per heavy atom. The molecule has 3 aromatic carbocycles. The first-order chi connectivity index (χ1) is 17.2. The molecule has 0 bridgehead atoms. The van der Waals surface area contributed by atoms with Crippen molar-refractivity contribution in [3.63, 3.8) is 0 Å². The number of pyridine rings is 1. The molecule has 1 aliphatic heterocycles. The third-order valence-corrected chi connectivity index (χ3v) is 6.32. The van der Waals surface area contributed by atoms with Crippen LogP contribution in [0.4, 0.5) is 17.1 Å². The van der Waals surface area contributed by atoms with Gasteiger partial charge in [-0.3, -0.25) is 14.2 Å². The molecular formula is C29H24N4O2. The van der Waals surface area contributed by atoms with Crippen molar-refractivity contribution >= 4 is 23.3 Å². The topological polar surface area (TPSA) is 78.1 Å². The van der Waals surface area contributed by atoms with Gasteiger partial charge in [-0.05, 0) is 60.4 Å². The number of nitrogens with zero attached hydrogens (tertiary/aromatic N) is 3. The lowest BCUT2D eigenvalue weighted by Crippen LogP contribution is -2.26. The fourth-order valence-electron chi connectivity index (χ4n) is 4.54. The highest BCUT2D eigenvalue weighted by Gasteiger charge is 2.20. The molecule has 4 aromatic rings. The Morgan fingerprint density at radius 2 is 1.69 bits per heavy atom. The monoisotopic (exact) mass is 460 g/mol. The fourth-order valence-corrected chi connectivity index (χ4v) is 4.54. The van der Waals surface area contributed by atoms with Crippen LogP contribution in [0, 0.1) is 11.3 Å². The van der Waals surface area contributed by atoms with Crippen molar-refractivity contribution in [1.29, 1.82) is 5.26 Å². The Bertz CT molecular complexity index is 1480. The molecule has 172 valence electrons. The fraction of sp³-hybridized carbons (Fsp3) is 0.138. The maximum atomic E-state index is 13.7. The second kappa shape index (κ2) is 9.70. The van der Waals surface area contributed by atoms with Gasteiger partial charge < -0.3 is 10.2 Å². The van der Waals surface area contributed by atoms with E-state index in [1.807, 2.05) is 54.6 Å². The number of nitriles is 1. The normalized spacial score (nSPS) is 12.8. The van der Waals surface area contributed by atoms with E-state index in [4.69, 9.17) is 0 Å². The SMILES string of the molecule is N#Cc1cccc(Nc2c(N3CCCC3)ccn(-c3ccc(-c4ccccc4C=O)cc3)c2=O)c1. The highest BCUT2D eigenvalue weighted by Crippen LogP contribution is 2.30. The molecule has 5 rings (SSSR count). The maximum Gasteiger partial charge on any atom is 0.280 e. The number of hydrogen-bond acceptors (Lipinski definition) is 5. The first-order valence-electron chi connectivity index (χ1n) is 11.6. The zero-order valence-electron chi connectivity index (χ0n) is 19.1. The van der Waals surface area contributed by atoms with E-state index in [0.717, 1.165) is 54.7 Å². The first kappa shape index (κ1) is 22.2. The third-order valence-electron chi connectivity index (χ3n) is 6.32. The van der Waals surface area contributed by atoms with E-state index < -0.39 is 0 Å². The van der Waals surface area contributed by atoms with Gasteiger partial charge >= 0.3 is 0 Å². The van der Waals surface area contributed by atoms with Crippen molar-refractivity contribution in [3.8, 4) is 22.9 Å². The van der Waals surface area contributed by atoms with Gasteiger partial charge in [-0.1, -0.05) is 42.5 Å². The number of hydrogen-bond donors (Lipinski definition) is 1. The van der Waals surface area contributed by atoms with E-state index in [9.17, 15) is 14.9 Å². The van der Waals surface area contributed by atoms with Crippen molar-refractivity contribution in [3.05, 3.63) is 107 Å². The van der Waals surface area contributed by atoms with E-state index in [1.165, 1.54) is 0 Å². The van der Waals surface area contributed by atoms with Crippen LogP contribution < -0.4 is 15.8 Å². The van der Waals surface area contributed by atoms with Crippen LogP contribution in [0.2, 0.25) is 0 Å². The minimum absolute atomic E-state index is 0.169. The Balaban J connectivity index is 1.56. The van der Waals surface area contributed by atoms with E-state index in [1.54, 1.807) is 35.0 Å². The summed E-state index contributed by atoms with van der Waals surface area (Å²) in [6.45, 7) is 1.81. The lowest BCUT2D eigenvalue weighted by Gasteiger charge is -2.23. The van der Waals surface area contributed by atoms with Gasteiger partial charge in [-0.15, -0.1) is 0 Å². The molecule has 1 saturated heterocycles. The average molecular weight is 461 g/mol. The summed E-state index contributed by atoms with van der Waals surface area (Å²) in [4.78, 5) is 27.4. The van der Waals surface area contributed by atoms with Crippen LogP contribution in [0.15, 0.2) is 89.9 Å². The maximum absolute atomic E-state index is 13.7. The van der Waals surface area contributed by atoms with Gasteiger partial charge in [0.1, 0.15) is 5.69 Å². The number of carbonyl (C=O) groups is 1. The van der Waals surface area contributed by atoms with Gasteiger partial charge in [0.25, 0.3) is 5.56 Å². The van der Waals surface area contributed by atoms with E-state index in [2.05, 4.69) is 16.3 Å². The second-order valence-corrected chi connectivity index (χ2v) is 8.51. The smallest absolute Gasteiger partial charge is 0.280 e. The number of nitrogens with one attached hydrogen (secondary N) is 1. The predicted octanol–water partition coefficient (Wildman–Crippen LogP) is 5.53. The molecule has 1 N–H and O–H groups in total. The quantitative estimate of drug-likeness (QED) is 0.383. The molecule has 35 heavy (non-hydrogen) atoms. The second-order valence-electron chi connectivity index (χ2n) is 8.51. The van der Waals surface area contributed by atoms with Crippen LogP contribution in [0.5, 0.6) is 0 Å². The number of aromatic nitrogens is 1. The van der Waals surface area contributed by atoms with Crippen LogP contribution in [-0.2, 0) is 0 Å². The van der Waals surface area contributed by atoms with Crippen LogP contribution in [-0.4, -0.2) is 23.9 Å². The van der Waals surface area contributed by atoms with Crippen molar-refractivity contribution in [2.24, 2.45) is 0 Å². The Hall–Kier alpha value is -4.63. The van der Waals surface area contributed by atoms with Gasteiger partial charge in [0.15, 0.2) is 6.29 Å². The molecule has 6 nitrogen and oxygen atoms in total. The lowest BCUT2D eigenvalue weighted by molar-refractivity contribution is 0.112. The number of carbonyl (C=O) groups excluding carboxylic acids is 1. The summed E-state index contributed by atoms with van der Waals surface area (Å²) in [5.41, 5.74) is 5.51. The molecule has 0 spiro atoms. The molecule has 1 aliphatic rings. The summed E-state index contributed by atoms with van der Waals surface area (Å²) in [6, 6.07) is 26.3. The molecule has 2 heterocycles. The molecule has 0 radical (unpaired) electrons. The number of rotatable bonds is 6. The van der Waals surface area contributed by atoms with Gasteiger partial charge in [0.05, 0.1) is 17.3 Å². The summed E-state index contributed by atoms with van der Waals surface area (Å²) in [5, 5.41) is 12.6. The van der Waals surface area contributed by atoms with Crippen molar-refractivity contribution in [1.82, 2.24) is 4.57 Å². The zero-order valence-corrected chi connectivity index (χ0v) is 19.1. The molecule has 1 fully saturated rings. The number of benzene rings is 3. The molecular weight excluding hydrogens is 436 g/mol. The van der Waals surface area contributed by atoms with Crippen LogP contribution in [0.1, 0.15) is 28.8 Å². The molecule has 0 amide bonds. The van der Waals surface area contributed by atoms with Crippen LogP contribution >= 0.6 is 0 Å². The van der Waals surface area contributed by atoms with E-state index in [0.29, 0.717) is 22.5 Å². The largest absolute Gasteiger partial charge is 0.370 e. The average Bonchev–Trinajstić information content (AvgIpc) is 3.45. The Labute approximate surface area is 203 Å². The van der Waals surface area contributed by atoms with Gasteiger partial charge in [0, 0.05) is 36.2 Å². The molecule has 0 atom stereocenters.